The van der Waals surface area contributed by atoms with Crippen LogP contribution in [-0.4, -0.2) is 37.0 Å². The Morgan fingerprint density at radius 2 is 2.06 bits per heavy atom. The normalized spacial score (nSPS) is 9.94. The van der Waals surface area contributed by atoms with Crippen molar-refractivity contribution < 1.29 is 14.3 Å². The fraction of sp³-hybridized carbons (Fsp3) is 0.333. The number of rotatable bonds is 4. The van der Waals surface area contributed by atoms with Crippen LogP contribution in [0.4, 0.5) is 5.69 Å². The molecule has 0 heterocycles. The Bertz CT molecular complexity index is 442. The zero-order chi connectivity index (χ0) is 13.7. The van der Waals surface area contributed by atoms with Gasteiger partial charge in [-0.2, -0.15) is 0 Å². The summed E-state index contributed by atoms with van der Waals surface area (Å²) in [6, 6.07) is 4.41. The highest BCUT2D eigenvalue weighted by Crippen LogP contribution is 2.17. The van der Waals surface area contributed by atoms with Gasteiger partial charge in [-0.25, -0.2) is 4.79 Å². The van der Waals surface area contributed by atoms with Gasteiger partial charge >= 0.3 is 5.97 Å². The number of hydrogen-bond donors (Lipinski definition) is 1. The lowest BCUT2D eigenvalue weighted by molar-refractivity contribution is -0.133. The molecule has 0 aliphatic rings. The first-order valence-electron chi connectivity index (χ1n) is 5.41. The summed E-state index contributed by atoms with van der Waals surface area (Å²) in [6.07, 6.45) is 0. The summed E-state index contributed by atoms with van der Waals surface area (Å²) in [5.74, 6) is -0.886. The molecule has 1 aromatic rings. The monoisotopic (exact) mass is 270 g/mol. The van der Waals surface area contributed by atoms with Gasteiger partial charge in [-0.15, -0.1) is 0 Å². The summed E-state index contributed by atoms with van der Waals surface area (Å²) in [5.41, 5.74) is 6.15. The number of nitrogens with zero attached hydrogens (tertiary/aromatic N) is 1. The molecule has 1 amide bonds. The van der Waals surface area contributed by atoms with Crippen LogP contribution in [-0.2, 0) is 9.53 Å². The number of nitrogens with two attached hydrogens (primary N) is 1. The minimum atomic E-state index is -0.623. The molecule has 2 N–H and O–H groups in total. The van der Waals surface area contributed by atoms with Crippen molar-refractivity contribution in [2.45, 2.75) is 6.92 Å². The largest absolute Gasteiger partial charge is 0.452 e. The number of benzene rings is 1. The van der Waals surface area contributed by atoms with Crippen LogP contribution in [0.1, 0.15) is 17.3 Å². The molecule has 0 saturated carbocycles. The Hall–Kier alpha value is -1.75. The van der Waals surface area contributed by atoms with Crippen LogP contribution in [0.15, 0.2) is 18.2 Å². The number of hydrogen-bond acceptors (Lipinski definition) is 4. The molecule has 0 aromatic heterocycles. The maximum absolute atomic E-state index is 11.7. The molecule has 0 saturated heterocycles. The van der Waals surface area contributed by atoms with E-state index in [-0.39, 0.29) is 18.1 Å². The molecule has 1 aromatic carbocycles. The average Bonchev–Trinajstić information content (AvgIpc) is 2.33. The zero-order valence-corrected chi connectivity index (χ0v) is 11.0. The predicted molar refractivity (Wildman–Crippen MR) is 69.5 cm³/mol. The van der Waals surface area contributed by atoms with Crippen LogP contribution in [0.5, 0.6) is 0 Å². The zero-order valence-electron chi connectivity index (χ0n) is 10.3. The Morgan fingerprint density at radius 1 is 1.39 bits per heavy atom. The van der Waals surface area contributed by atoms with Crippen LogP contribution in [0.3, 0.4) is 0 Å². The first kappa shape index (κ1) is 14.3. The number of nitrogen functional groups attached to an aromatic ring is 1. The second-order valence-corrected chi connectivity index (χ2v) is 4.19. The number of halogens is 1. The van der Waals surface area contributed by atoms with Crippen molar-refractivity contribution in [3.05, 3.63) is 28.8 Å². The van der Waals surface area contributed by atoms with Gasteiger partial charge in [0.1, 0.15) is 0 Å². The van der Waals surface area contributed by atoms with Gasteiger partial charge in [-0.05, 0) is 25.1 Å². The van der Waals surface area contributed by atoms with Gasteiger partial charge in [0.05, 0.1) is 5.56 Å². The molecule has 0 bridgehead atoms. The average molecular weight is 271 g/mol. The lowest BCUT2D eigenvalue weighted by atomic mass is 10.2. The highest BCUT2D eigenvalue weighted by atomic mass is 35.5. The first-order chi connectivity index (χ1) is 8.43. The fourth-order valence-electron chi connectivity index (χ4n) is 1.23. The first-order valence-corrected chi connectivity index (χ1v) is 5.79. The van der Waals surface area contributed by atoms with E-state index in [4.69, 9.17) is 22.1 Å². The summed E-state index contributed by atoms with van der Waals surface area (Å²) in [6.45, 7) is 2.09. The minimum Gasteiger partial charge on any atom is -0.452 e. The molecule has 0 aliphatic carbocycles. The van der Waals surface area contributed by atoms with Crippen LogP contribution in [0.2, 0.25) is 5.02 Å². The van der Waals surface area contributed by atoms with E-state index in [0.29, 0.717) is 17.3 Å². The highest BCUT2D eigenvalue weighted by molar-refractivity contribution is 6.31. The van der Waals surface area contributed by atoms with Crippen molar-refractivity contribution >= 4 is 29.2 Å². The van der Waals surface area contributed by atoms with E-state index in [1.807, 2.05) is 6.92 Å². The number of ether oxygens (including phenoxy) is 1. The van der Waals surface area contributed by atoms with E-state index in [1.54, 1.807) is 7.05 Å². The van der Waals surface area contributed by atoms with Crippen molar-refractivity contribution in [1.82, 2.24) is 4.90 Å². The summed E-state index contributed by atoms with van der Waals surface area (Å²) < 4.78 is 4.88. The second kappa shape index (κ2) is 6.26. The Labute approximate surface area is 110 Å². The molecule has 0 aliphatic heterocycles. The number of anilines is 1. The standard InChI is InChI=1S/C12H15ClN2O3/c1-3-15(2)11(16)7-18-12(17)8-4-9(13)6-10(14)5-8/h4-6H,3,7,14H2,1-2H3. The van der Waals surface area contributed by atoms with Gasteiger partial charge < -0.3 is 15.4 Å². The van der Waals surface area contributed by atoms with Crippen LogP contribution in [0.25, 0.3) is 0 Å². The van der Waals surface area contributed by atoms with E-state index >= 15 is 0 Å². The number of esters is 1. The number of likely N-dealkylation sites (N-methyl/N-ethyl adjacent to an activating group) is 1. The van der Waals surface area contributed by atoms with E-state index < -0.39 is 5.97 Å². The predicted octanol–water partition coefficient (Wildman–Crippen LogP) is 1.56. The van der Waals surface area contributed by atoms with Gasteiger partial charge in [0.2, 0.25) is 0 Å². The van der Waals surface area contributed by atoms with Crippen LogP contribution < -0.4 is 5.73 Å². The minimum absolute atomic E-state index is 0.229. The van der Waals surface area contributed by atoms with E-state index in [0.717, 1.165) is 0 Å². The van der Waals surface area contributed by atoms with Crippen molar-refractivity contribution in [3.8, 4) is 0 Å². The highest BCUT2D eigenvalue weighted by Gasteiger charge is 2.13. The van der Waals surface area contributed by atoms with Gasteiger partial charge in [0.25, 0.3) is 5.91 Å². The second-order valence-electron chi connectivity index (χ2n) is 3.76. The van der Waals surface area contributed by atoms with Crippen LogP contribution in [0, 0.1) is 0 Å². The quantitative estimate of drug-likeness (QED) is 0.666. The summed E-state index contributed by atoms with van der Waals surface area (Å²) in [5, 5.41) is 0.346. The Balaban J connectivity index is 2.63. The van der Waals surface area contributed by atoms with E-state index in [1.165, 1.54) is 23.1 Å². The summed E-state index contributed by atoms with van der Waals surface area (Å²) in [7, 11) is 1.63. The fourth-order valence-corrected chi connectivity index (χ4v) is 1.47. The third-order valence-electron chi connectivity index (χ3n) is 2.38. The van der Waals surface area contributed by atoms with Gasteiger partial charge in [0.15, 0.2) is 6.61 Å². The molecule has 18 heavy (non-hydrogen) atoms. The molecule has 0 fully saturated rings. The van der Waals surface area contributed by atoms with Gasteiger partial charge in [-0.3, -0.25) is 4.79 Å². The summed E-state index contributed by atoms with van der Waals surface area (Å²) >= 11 is 5.77. The molecule has 98 valence electrons. The molecular weight excluding hydrogens is 256 g/mol. The Kier molecular flexibility index (Phi) is 4.97. The third kappa shape index (κ3) is 3.92. The van der Waals surface area contributed by atoms with Gasteiger partial charge in [-0.1, -0.05) is 11.6 Å². The maximum atomic E-state index is 11.7. The molecule has 6 heteroatoms. The van der Waals surface area contributed by atoms with Crippen LogP contribution >= 0.6 is 11.6 Å². The van der Waals surface area contributed by atoms with Gasteiger partial charge in [0, 0.05) is 24.3 Å². The van der Waals surface area contributed by atoms with Crippen molar-refractivity contribution in [1.29, 1.82) is 0 Å². The van der Waals surface area contributed by atoms with Crippen molar-refractivity contribution in [3.63, 3.8) is 0 Å². The van der Waals surface area contributed by atoms with E-state index in [2.05, 4.69) is 0 Å². The topological polar surface area (TPSA) is 72.6 Å². The maximum Gasteiger partial charge on any atom is 0.338 e. The molecule has 0 radical (unpaired) electrons. The summed E-state index contributed by atoms with van der Waals surface area (Å²) in [4.78, 5) is 24.6. The lowest BCUT2D eigenvalue weighted by Crippen LogP contribution is -2.30. The third-order valence-corrected chi connectivity index (χ3v) is 2.60. The smallest absolute Gasteiger partial charge is 0.338 e. The number of amides is 1. The molecule has 5 nitrogen and oxygen atoms in total. The van der Waals surface area contributed by atoms with E-state index in [9.17, 15) is 9.59 Å². The molecule has 1 rings (SSSR count). The molecule has 0 unspecified atom stereocenters. The Morgan fingerprint density at radius 3 is 2.61 bits per heavy atom. The molecule has 0 atom stereocenters. The molecular formula is C12H15ClN2O3. The van der Waals surface area contributed by atoms with Crippen molar-refractivity contribution in [2.24, 2.45) is 0 Å². The molecule has 0 spiro atoms. The number of carbonyl (C=O) groups excluding carboxylic acids is 2. The lowest BCUT2D eigenvalue weighted by Gasteiger charge is -2.14. The number of carbonyl (C=O) groups is 2. The SMILES string of the molecule is CCN(C)C(=O)COC(=O)c1cc(N)cc(Cl)c1. The van der Waals surface area contributed by atoms with Crippen molar-refractivity contribution in [2.75, 3.05) is 25.9 Å².